The summed E-state index contributed by atoms with van der Waals surface area (Å²) in [6, 6.07) is 13.5. The monoisotopic (exact) mass is 430 g/mol. The Bertz CT molecular complexity index is 831. The van der Waals surface area contributed by atoms with E-state index in [4.69, 9.17) is 9.47 Å². The third kappa shape index (κ3) is 7.61. The minimum Gasteiger partial charge on any atom is -0.491 e. The third-order valence-corrected chi connectivity index (χ3v) is 5.26. The summed E-state index contributed by atoms with van der Waals surface area (Å²) >= 11 is 0. The molecule has 1 fully saturated rings. The zero-order chi connectivity index (χ0) is 22.1. The van der Waals surface area contributed by atoms with E-state index in [1.807, 2.05) is 12.1 Å². The van der Waals surface area contributed by atoms with Gasteiger partial charge in [-0.2, -0.15) is 0 Å². The minimum atomic E-state index is -0.630. The highest BCUT2D eigenvalue weighted by molar-refractivity contribution is 5.89. The van der Waals surface area contributed by atoms with Crippen molar-refractivity contribution in [3.05, 3.63) is 65.5 Å². The van der Waals surface area contributed by atoms with Crippen LogP contribution in [0.25, 0.3) is 0 Å². The van der Waals surface area contributed by atoms with Crippen LogP contribution in [0.1, 0.15) is 29.3 Å². The van der Waals surface area contributed by atoms with Crippen molar-refractivity contribution in [3.8, 4) is 5.75 Å². The molecule has 1 N–H and O–H groups in total. The van der Waals surface area contributed by atoms with Gasteiger partial charge in [0.25, 0.3) is 0 Å². The number of rotatable bonds is 9. The maximum Gasteiger partial charge on any atom is 0.338 e. The maximum atomic E-state index is 13.1. The number of esters is 1. The first-order chi connectivity index (χ1) is 15.0. The van der Waals surface area contributed by atoms with Crippen LogP contribution in [0.15, 0.2) is 48.5 Å². The molecule has 1 aliphatic heterocycles. The van der Waals surface area contributed by atoms with Crippen LogP contribution in [-0.2, 0) is 11.3 Å². The van der Waals surface area contributed by atoms with Gasteiger partial charge in [0.15, 0.2) is 0 Å². The summed E-state index contributed by atoms with van der Waals surface area (Å²) in [4.78, 5) is 16.4. The largest absolute Gasteiger partial charge is 0.491 e. The molecule has 2 aromatic carbocycles. The molecule has 0 saturated carbocycles. The molecule has 1 atom stereocenters. The Morgan fingerprint density at radius 3 is 2.61 bits per heavy atom. The summed E-state index contributed by atoms with van der Waals surface area (Å²) in [6.45, 7) is 7.21. The number of halogens is 1. The predicted octanol–water partition coefficient (Wildman–Crippen LogP) is 2.95. The molecule has 0 aromatic heterocycles. The Kier molecular flexibility index (Phi) is 8.82. The SMILES string of the molecule is CCOC(=O)c1cccc(OC[C@H](O)CN2CCCN(Cc3ccc(F)cc3)CC2)c1. The summed E-state index contributed by atoms with van der Waals surface area (Å²) in [5.41, 5.74) is 1.54. The Balaban J connectivity index is 1.42. The first-order valence-corrected chi connectivity index (χ1v) is 10.8. The topological polar surface area (TPSA) is 62.2 Å². The smallest absolute Gasteiger partial charge is 0.338 e. The Morgan fingerprint density at radius 1 is 1.10 bits per heavy atom. The molecule has 3 rings (SSSR count). The highest BCUT2D eigenvalue weighted by atomic mass is 19.1. The normalized spacial score (nSPS) is 16.5. The van der Waals surface area contributed by atoms with Crippen molar-refractivity contribution in [3.63, 3.8) is 0 Å². The van der Waals surface area contributed by atoms with Crippen LogP contribution in [0.5, 0.6) is 5.75 Å². The van der Waals surface area contributed by atoms with Gasteiger partial charge in [0.2, 0.25) is 0 Å². The molecular formula is C24H31FN2O4. The molecular weight excluding hydrogens is 399 g/mol. The standard InChI is InChI=1S/C24H31FN2O4/c1-2-30-24(29)20-5-3-6-23(15-20)31-18-22(28)17-27-12-4-11-26(13-14-27)16-19-7-9-21(25)10-8-19/h3,5-10,15,22,28H,2,4,11-14,16-18H2,1H3/t22-/m1/s1. The molecule has 7 heteroatoms. The molecule has 168 valence electrons. The van der Waals surface area contributed by atoms with E-state index >= 15 is 0 Å². The highest BCUT2D eigenvalue weighted by Gasteiger charge is 2.18. The number of nitrogens with zero attached hydrogens (tertiary/aromatic N) is 2. The fourth-order valence-electron chi connectivity index (χ4n) is 3.68. The highest BCUT2D eigenvalue weighted by Crippen LogP contribution is 2.15. The van der Waals surface area contributed by atoms with Gasteiger partial charge in [-0.25, -0.2) is 9.18 Å². The van der Waals surface area contributed by atoms with Gasteiger partial charge in [0.1, 0.15) is 24.3 Å². The van der Waals surface area contributed by atoms with Gasteiger partial charge in [0.05, 0.1) is 12.2 Å². The fourth-order valence-corrected chi connectivity index (χ4v) is 3.68. The van der Waals surface area contributed by atoms with Crippen LogP contribution in [-0.4, -0.2) is 72.9 Å². The van der Waals surface area contributed by atoms with E-state index in [1.54, 1.807) is 31.2 Å². The number of carbonyl (C=O) groups is 1. The van der Waals surface area contributed by atoms with Crippen molar-refractivity contribution in [2.24, 2.45) is 0 Å². The van der Waals surface area contributed by atoms with Gasteiger partial charge in [0, 0.05) is 26.2 Å². The van der Waals surface area contributed by atoms with Crippen molar-refractivity contribution in [2.45, 2.75) is 26.0 Å². The number of aliphatic hydroxyl groups excluding tert-OH is 1. The first kappa shape index (κ1) is 23.2. The molecule has 0 amide bonds. The number of carbonyl (C=O) groups excluding carboxylic acids is 1. The first-order valence-electron chi connectivity index (χ1n) is 10.8. The van der Waals surface area contributed by atoms with Crippen molar-refractivity contribution < 1.29 is 23.8 Å². The molecule has 0 bridgehead atoms. The number of ether oxygens (including phenoxy) is 2. The average Bonchev–Trinajstić information content (AvgIpc) is 2.99. The van der Waals surface area contributed by atoms with Crippen LogP contribution in [0.4, 0.5) is 4.39 Å². The summed E-state index contributed by atoms with van der Waals surface area (Å²) in [6.07, 6.45) is 0.381. The van der Waals surface area contributed by atoms with Gasteiger partial charge in [-0.3, -0.25) is 9.80 Å². The lowest BCUT2D eigenvalue weighted by Crippen LogP contribution is -2.38. The molecule has 1 heterocycles. The van der Waals surface area contributed by atoms with Gasteiger partial charge in [-0.15, -0.1) is 0 Å². The molecule has 0 radical (unpaired) electrons. The van der Waals surface area contributed by atoms with E-state index in [-0.39, 0.29) is 18.4 Å². The van der Waals surface area contributed by atoms with E-state index in [1.165, 1.54) is 12.1 Å². The summed E-state index contributed by atoms with van der Waals surface area (Å²) < 4.78 is 23.8. The Morgan fingerprint density at radius 2 is 1.84 bits per heavy atom. The Labute approximate surface area is 183 Å². The van der Waals surface area contributed by atoms with Gasteiger partial charge >= 0.3 is 5.97 Å². The van der Waals surface area contributed by atoms with Gasteiger partial charge < -0.3 is 14.6 Å². The van der Waals surface area contributed by atoms with Crippen LogP contribution in [0.3, 0.4) is 0 Å². The minimum absolute atomic E-state index is 0.155. The maximum absolute atomic E-state index is 13.1. The second-order valence-electron chi connectivity index (χ2n) is 7.77. The van der Waals surface area contributed by atoms with Crippen molar-refractivity contribution >= 4 is 5.97 Å². The molecule has 0 spiro atoms. The van der Waals surface area contributed by atoms with E-state index in [0.29, 0.717) is 24.5 Å². The molecule has 0 aliphatic carbocycles. The van der Waals surface area contributed by atoms with Crippen molar-refractivity contribution in [2.75, 3.05) is 45.9 Å². The quantitative estimate of drug-likeness (QED) is 0.618. The Hall–Kier alpha value is -2.48. The lowest BCUT2D eigenvalue weighted by atomic mass is 10.2. The average molecular weight is 431 g/mol. The number of hydrogen-bond acceptors (Lipinski definition) is 6. The molecule has 6 nitrogen and oxygen atoms in total. The second-order valence-corrected chi connectivity index (χ2v) is 7.77. The van der Waals surface area contributed by atoms with E-state index in [0.717, 1.165) is 44.7 Å². The molecule has 31 heavy (non-hydrogen) atoms. The third-order valence-electron chi connectivity index (χ3n) is 5.26. The van der Waals surface area contributed by atoms with Crippen molar-refractivity contribution in [1.29, 1.82) is 0 Å². The van der Waals surface area contributed by atoms with Gasteiger partial charge in [-0.05, 0) is 62.3 Å². The number of aliphatic hydroxyl groups is 1. The molecule has 1 saturated heterocycles. The molecule has 1 aliphatic rings. The lowest BCUT2D eigenvalue weighted by molar-refractivity contribution is 0.0525. The van der Waals surface area contributed by atoms with E-state index in [9.17, 15) is 14.3 Å². The fraction of sp³-hybridized carbons (Fsp3) is 0.458. The summed E-state index contributed by atoms with van der Waals surface area (Å²) in [5.74, 6) is -0.0659. The summed E-state index contributed by atoms with van der Waals surface area (Å²) in [5, 5.41) is 10.4. The number of benzene rings is 2. The van der Waals surface area contributed by atoms with E-state index in [2.05, 4.69) is 9.80 Å². The zero-order valence-electron chi connectivity index (χ0n) is 18.0. The van der Waals surface area contributed by atoms with Crippen molar-refractivity contribution in [1.82, 2.24) is 9.80 Å². The number of β-amino-alcohol motifs (C(OH)–C–C–N with tert-alkyl or cyclic N) is 1. The molecule has 2 aromatic rings. The summed E-state index contributed by atoms with van der Waals surface area (Å²) in [7, 11) is 0. The zero-order valence-corrected chi connectivity index (χ0v) is 18.0. The van der Waals surface area contributed by atoms with Gasteiger partial charge in [-0.1, -0.05) is 18.2 Å². The van der Waals surface area contributed by atoms with Crippen LogP contribution >= 0.6 is 0 Å². The second kappa shape index (κ2) is 11.8. The molecule has 0 unspecified atom stereocenters. The van der Waals surface area contributed by atoms with Crippen LogP contribution < -0.4 is 4.74 Å². The predicted molar refractivity (Wildman–Crippen MR) is 117 cm³/mol. The lowest BCUT2D eigenvalue weighted by Gasteiger charge is -2.24. The van der Waals surface area contributed by atoms with Crippen LogP contribution in [0, 0.1) is 5.82 Å². The van der Waals surface area contributed by atoms with Crippen LogP contribution in [0.2, 0.25) is 0 Å². The number of hydrogen-bond donors (Lipinski definition) is 1. The van der Waals surface area contributed by atoms with E-state index < -0.39 is 6.10 Å².